The molecule has 0 heterocycles. The van der Waals surface area contributed by atoms with E-state index >= 15 is 0 Å². The predicted octanol–water partition coefficient (Wildman–Crippen LogP) is 4.96. The first-order chi connectivity index (χ1) is 13.0. The molecule has 0 saturated heterocycles. The quantitative estimate of drug-likeness (QED) is 0.697. The van der Waals surface area contributed by atoms with Gasteiger partial charge in [0.25, 0.3) is 11.8 Å². The zero-order chi connectivity index (χ0) is 19.4. The van der Waals surface area contributed by atoms with E-state index in [1.54, 1.807) is 38.4 Å². The molecule has 4 nitrogen and oxygen atoms in total. The van der Waals surface area contributed by atoms with Crippen molar-refractivity contribution in [1.82, 2.24) is 4.90 Å². The number of hydrogen-bond acceptors (Lipinski definition) is 2. The van der Waals surface area contributed by atoms with Crippen molar-refractivity contribution in [2.75, 3.05) is 19.4 Å². The summed E-state index contributed by atoms with van der Waals surface area (Å²) < 4.78 is 0. The van der Waals surface area contributed by atoms with Gasteiger partial charge in [0.05, 0.1) is 10.6 Å². The molecule has 2 amide bonds. The Balaban J connectivity index is 1.91. The number of nitrogens with zero attached hydrogens (tertiary/aromatic N) is 1. The Hall–Kier alpha value is -3.11. The maximum absolute atomic E-state index is 12.9. The minimum atomic E-state index is -0.250. The Bertz CT molecular complexity index is 985. The lowest BCUT2D eigenvalue weighted by molar-refractivity contribution is 0.0827. The monoisotopic (exact) mass is 378 g/mol. The van der Waals surface area contributed by atoms with Crippen LogP contribution in [0.2, 0.25) is 5.02 Å². The van der Waals surface area contributed by atoms with Gasteiger partial charge in [-0.05, 0) is 35.4 Å². The summed E-state index contributed by atoms with van der Waals surface area (Å²) in [6, 6.07) is 22.0. The summed E-state index contributed by atoms with van der Waals surface area (Å²) >= 11 is 6.13. The molecule has 1 N–H and O–H groups in total. The van der Waals surface area contributed by atoms with Crippen molar-refractivity contribution in [3.8, 4) is 11.1 Å². The highest BCUT2D eigenvalue weighted by molar-refractivity contribution is 6.34. The van der Waals surface area contributed by atoms with E-state index in [2.05, 4.69) is 5.32 Å². The summed E-state index contributed by atoms with van der Waals surface area (Å²) in [5, 5.41) is 3.21. The van der Waals surface area contributed by atoms with Gasteiger partial charge < -0.3 is 10.2 Å². The number of hydrogen-bond donors (Lipinski definition) is 1. The van der Waals surface area contributed by atoms with Gasteiger partial charge in [0.15, 0.2) is 0 Å². The number of nitrogens with one attached hydrogen (secondary N) is 1. The number of carbonyl (C=O) groups is 2. The Labute approximate surface area is 163 Å². The van der Waals surface area contributed by atoms with Gasteiger partial charge in [-0.1, -0.05) is 60.1 Å². The zero-order valence-corrected chi connectivity index (χ0v) is 15.8. The van der Waals surface area contributed by atoms with Gasteiger partial charge in [0.1, 0.15) is 0 Å². The maximum atomic E-state index is 12.9. The lowest BCUT2D eigenvalue weighted by Crippen LogP contribution is -2.22. The standard InChI is InChI=1S/C22H19ClN2O2/c1-25(2)22(27)19-14-16(12-13-20(19)23)24-21(26)18-11-7-6-10-17(18)15-8-4-3-5-9-15/h3-14H,1-2H3,(H,24,26). The van der Waals surface area contributed by atoms with Gasteiger partial charge in [-0.15, -0.1) is 0 Å². The smallest absolute Gasteiger partial charge is 0.256 e. The first-order valence-electron chi connectivity index (χ1n) is 8.44. The van der Waals surface area contributed by atoms with Gasteiger partial charge in [-0.2, -0.15) is 0 Å². The second-order valence-corrected chi connectivity index (χ2v) is 6.67. The highest BCUT2D eigenvalue weighted by Crippen LogP contribution is 2.26. The second-order valence-electron chi connectivity index (χ2n) is 6.26. The fourth-order valence-corrected chi connectivity index (χ4v) is 2.96. The van der Waals surface area contributed by atoms with Crippen LogP contribution >= 0.6 is 11.6 Å². The van der Waals surface area contributed by atoms with Crippen molar-refractivity contribution < 1.29 is 9.59 Å². The molecule has 0 bridgehead atoms. The van der Waals surface area contributed by atoms with Crippen LogP contribution in [0.3, 0.4) is 0 Å². The Morgan fingerprint density at radius 2 is 1.52 bits per heavy atom. The molecule has 3 rings (SSSR count). The number of halogens is 1. The van der Waals surface area contributed by atoms with Crippen LogP contribution in [0.5, 0.6) is 0 Å². The van der Waals surface area contributed by atoms with Crippen molar-refractivity contribution in [3.05, 3.63) is 88.9 Å². The first kappa shape index (κ1) is 18.7. The molecule has 0 atom stereocenters. The molecular weight excluding hydrogens is 360 g/mol. The van der Waals surface area contributed by atoms with E-state index in [0.29, 0.717) is 21.8 Å². The molecule has 0 fully saturated rings. The highest BCUT2D eigenvalue weighted by Gasteiger charge is 2.16. The van der Waals surface area contributed by atoms with E-state index in [4.69, 9.17) is 11.6 Å². The minimum absolute atomic E-state index is 0.221. The molecule has 0 aromatic heterocycles. The largest absolute Gasteiger partial charge is 0.345 e. The third-order valence-corrected chi connectivity index (χ3v) is 4.45. The Kier molecular flexibility index (Phi) is 5.57. The number of carbonyl (C=O) groups excluding carboxylic acids is 2. The summed E-state index contributed by atoms with van der Waals surface area (Å²) in [6.45, 7) is 0. The lowest BCUT2D eigenvalue weighted by atomic mass is 9.99. The van der Waals surface area contributed by atoms with Crippen LogP contribution in [-0.4, -0.2) is 30.8 Å². The van der Waals surface area contributed by atoms with Crippen LogP contribution in [0, 0.1) is 0 Å². The number of rotatable bonds is 4. The molecule has 3 aromatic rings. The molecule has 0 aliphatic carbocycles. The first-order valence-corrected chi connectivity index (χ1v) is 8.82. The molecule has 3 aromatic carbocycles. The van der Waals surface area contributed by atoms with Crippen molar-refractivity contribution >= 4 is 29.1 Å². The average Bonchev–Trinajstić information content (AvgIpc) is 2.69. The third-order valence-electron chi connectivity index (χ3n) is 4.12. The van der Waals surface area contributed by atoms with Crippen LogP contribution in [0.25, 0.3) is 11.1 Å². The van der Waals surface area contributed by atoms with E-state index in [1.165, 1.54) is 4.90 Å². The van der Waals surface area contributed by atoms with Crippen LogP contribution < -0.4 is 5.32 Å². The fourth-order valence-electron chi connectivity index (χ4n) is 2.76. The van der Waals surface area contributed by atoms with E-state index in [9.17, 15) is 9.59 Å². The highest BCUT2D eigenvalue weighted by atomic mass is 35.5. The molecule has 0 aliphatic rings. The normalized spacial score (nSPS) is 10.3. The molecule has 0 radical (unpaired) electrons. The van der Waals surface area contributed by atoms with Crippen LogP contribution in [0.4, 0.5) is 5.69 Å². The average molecular weight is 379 g/mol. The van der Waals surface area contributed by atoms with Gasteiger partial charge in [0, 0.05) is 25.3 Å². The number of amides is 2. The summed E-state index contributed by atoms with van der Waals surface area (Å²) in [5.74, 6) is -0.471. The molecule has 0 aliphatic heterocycles. The Morgan fingerprint density at radius 1 is 0.852 bits per heavy atom. The fraction of sp³-hybridized carbons (Fsp3) is 0.0909. The van der Waals surface area contributed by atoms with Crippen molar-refractivity contribution in [2.24, 2.45) is 0 Å². The predicted molar refractivity (Wildman–Crippen MR) is 109 cm³/mol. The summed E-state index contributed by atoms with van der Waals surface area (Å²) in [7, 11) is 3.31. The molecule has 0 spiro atoms. The van der Waals surface area contributed by atoms with Crippen LogP contribution in [0.1, 0.15) is 20.7 Å². The van der Waals surface area contributed by atoms with Crippen molar-refractivity contribution in [2.45, 2.75) is 0 Å². The number of benzene rings is 3. The molecule has 5 heteroatoms. The summed E-state index contributed by atoms with van der Waals surface area (Å²) in [5.41, 5.74) is 3.21. The van der Waals surface area contributed by atoms with E-state index in [-0.39, 0.29) is 11.8 Å². The van der Waals surface area contributed by atoms with E-state index < -0.39 is 0 Å². The lowest BCUT2D eigenvalue weighted by Gasteiger charge is -2.14. The van der Waals surface area contributed by atoms with Crippen LogP contribution in [0.15, 0.2) is 72.8 Å². The molecule has 136 valence electrons. The van der Waals surface area contributed by atoms with Crippen molar-refractivity contribution in [3.63, 3.8) is 0 Å². The van der Waals surface area contributed by atoms with Crippen molar-refractivity contribution in [1.29, 1.82) is 0 Å². The van der Waals surface area contributed by atoms with Gasteiger partial charge in [-0.25, -0.2) is 0 Å². The summed E-state index contributed by atoms with van der Waals surface area (Å²) in [4.78, 5) is 26.6. The topological polar surface area (TPSA) is 49.4 Å². The Morgan fingerprint density at radius 3 is 2.22 bits per heavy atom. The molecule has 0 saturated carbocycles. The van der Waals surface area contributed by atoms with E-state index in [0.717, 1.165) is 11.1 Å². The summed E-state index contributed by atoms with van der Waals surface area (Å²) in [6.07, 6.45) is 0. The number of anilines is 1. The molecule has 27 heavy (non-hydrogen) atoms. The molecule has 0 unspecified atom stereocenters. The van der Waals surface area contributed by atoms with Gasteiger partial charge >= 0.3 is 0 Å². The second kappa shape index (κ2) is 8.06. The van der Waals surface area contributed by atoms with Gasteiger partial charge in [0.2, 0.25) is 0 Å². The minimum Gasteiger partial charge on any atom is -0.345 e. The van der Waals surface area contributed by atoms with Gasteiger partial charge in [-0.3, -0.25) is 9.59 Å². The van der Waals surface area contributed by atoms with E-state index in [1.807, 2.05) is 48.5 Å². The third kappa shape index (κ3) is 4.18. The zero-order valence-electron chi connectivity index (χ0n) is 15.1. The maximum Gasteiger partial charge on any atom is 0.256 e. The van der Waals surface area contributed by atoms with Crippen LogP contribution in [-0.2, 0) is 0 Å². The molecular formula is C22H19ClN2O2. The SMILES string of the molecule is CN(C)C(=O)c1cc(NC(=O)c2ccccc2-c2ccccc2)ccc1Cl.